The molecule has 1 aliphatic heterocycles. The topological polar surface area (TPSA) is 0 Å². The minimum atomic E-state index is 0.425. The van der Waals surface area contributed by atoms with Gasteiger partial charge in [-0.1, -0.05) is 54.2 Å². The van der Waals surface area contributed by atoms with E-state index < -0.39 is 0 Å². The molecule has 3 aliphatic rings. The molecular weight excluding hydrogens is 383 g/mol. The van der Waals surface area contributed by atoms with Gasteiger partial charge in [0.2, 0.25) is 0 Å². The number of thioether (sulfide) groups is 2. The minimum absolute atomic E-state index is 0.425. The third kappa shape index (κ3) is 2.12. The summed E-state index contributed by atoms with van der Waals surface area (Å²) in [5.41, 5.74) is 4.31. The standard InChI is InChI=1S/C16H15IS2/c1-2-12-8-16(12,17)7-11-4-3-10-5-14-15(6-13(10)11)19-9-18-14/h3-7,12H,2,8-9H2,1H3/b11-7-/t12?,16-/m1/s1. The lowest BCUT2D eigenvalue weighted by Gasteiger charge is -2.08. The van der Waals surface area contributed by atoms with Gasteiger partial charge in [0.25, 0.3) is 0 Å². The van der Waals surface area contributed by atoms with Crippen molar-refractivity contribution in [1.82, 2.24) is 0 Å². The first kappa shape index (κ1) is 12.8. The van der Waals surface area contributed by atoms with E-state index in [4.69, 9.17) is 0 Å². The molecule has 1 aromatic carbocycles. The van der Waals surface area contributed by atoms with Crippen LogP contribution in [-0.4, -0.2) is 8.51 Å². The smallest absolute Gasteiger partial charge is 0.0487 e. The molecule has 2 aliphatic carbocycles. The van der Waals surface area contributed by atoms with Gasteiger partial charge >= 0.3 is 0 Å². The van der Waals surface area contributed by atoms with Crippen LogP contribution in [-0.2, 0) is 0 Å². The van der Waals surface area contributed by atoms with Crippen molar-refractivity contribution in [2.45, 2.75) is 33.0 Å². The first-order valence-electron chi connectivity index (χ1n) is 6.73. The van der Waals surface area contributed by atoms with Crippen LogP contribution < -0.4 is 0 Å². The monoisotopic (exact) mass is 398 g/mol. The van der Waals surface area contributed by atoms with Gasteiger partial charge in [-0.3, -0.25) is 0 Å². The van der Waals surface area contributed by atoms with Crippen molar-refractivity contribution in [3.63, 3.8) is 0 Å². The fraction of sp³-hybridized carbons (Fsp3) is 0.375. The highest BCUT2D eigenvalue weighted by atomic mass is 127. The molecule has 0 saturated heterocycles. The highest BCUT2D eigenvalue weighted by Crippen LogP contribution is 2.56. The molecule has 98 valence electrons. The third-order valence-electron chi connectivity index (χ3n) is 4.26. The van der Waals surface area contributed by atoms with E-state index in [1.165, 1.54) is 44.4 Å². The van der Waals surface area contributed by atoms with Crippen molar-refractivity contribution >= 4 is 57.8 Å². The van der Waals surface area contributed by atoms with Crippen LogP contribution in [0.5, 0.6) is 0 Å². The number of hydrogen-bond acceptors (Lipinski definition) is 2. The molecule has 1 fully saturated rings. The molecule has 0 radical (unpaired) electrons. The second kappa shape index (κ2) is 4.57. The lowest BCUT2D eigenvalue weighted by Crippen LogP contribution is -1.97. The minimum Gasteiger partial charge on any atom is -0.114 e. The molecule has 0 nitrogen and oxygen atoms in total. The molecule has 0 amide bonds. The summed E-state index contributed by atoms with van der Waals surface area (Å²) in [6, 6.07) is 4.78. The lowest BCUT2D eigenvalue weighted by molar-refractivity contribution is 0.782. The van der Waals surface area contributed by atoms with E-state index in [2.05, 4.69) is 59.9 Å². The highest BCUT2D eigenvalue weighted by Gasteiger charge is 2.49. The van der Waals surface area contributed by atoms with Crippen LogP contribution in [0.4, 0.5) is 0 Å². The van der Waals surface area contributed by atoms with Crippen molar-refractivity contribution in [2.75, 3.05) is 5.08 Å². The Balaban J connectivity index is 1.73. The second-order valence-corrected chi connectivity index (χ2v) is 9.87. The Bertz CT molecular complexity index is 617. The lowest BCUT2D eigenvalue weighted by atomic mass is 10.0. The Labute approximate surface area is 136 Å². The number of hydrogen-bond donors (Lipinski definition) is 0. The van der Waals surface area contributed by atoms with Crippen LogP contribution in [0.2, 0.25) is 0 Å². The average molecular weight is 398 g/mol. The van der Waals surface area contributed by atoms with E-state index in [9.17, 15) is 0 Å². The molecular formula is C16H15IS2. The molecule has 1 heterocycles. The van der Waals surface area contributed by atoms with Crippen molar-refractivity contribution in [2.24, 2.45) is 5.92 Å². The highest BCUT2D eigenvalue weighted by molar-refractivity contribution is 14.1. The molecule has 0 aromatic heterocycles. The summed E-state index contributed by atoms with van der Waals surface area (Å²) < 4.78 is 0.425. The molecule has 0 bridgehead atoms. The maximum Gasteiger partial charge on any atom is 0.0487 e. The molecule has 19 heavy (non-hydrogen) atoms. The summed E-state index contributed by atoms with van der Waals surface area (Å²) >= 11 is 6.61. The summed E-state index contributed by atoms with van der Waals surface area (Å²) in [4.78, 5) is 2.94. The number of benzene rings is 1. The Morgan fingerprint density at radius 1 is 1.32 bits per heavy atom. The molecule has 1 aromatic rings. The van der Waals surface area contributed by atoms with Crippen LogP contribution >= 0.6 is 46.1 Å². The fourth-order valence-corrected chi connectivity index (χ4v) is 6.70. The summed E-state index contributed by atoms with van der Waals surface area (Å²) in [5.74, 6) is 0.886. The Hall–Kier alpha value is 0.130. The fourth-order valence-electron chi connectivity index (χ4n) is 2.98. The van der Waals surface area contributed by atoms with Gasteiger partial charge in [0.05, 0.1) is 0 Å². The predicted molar refractivity (Wildman–Crippen MR) is 95.2 cm³/mol. The van der Waals surface area contributed by atoms with Gasteiger partial charge in [-0.25, -0.2) is 0 Å². The van der Waals surface area contributed by atoms with Gasteiger partial charge in [0, 0.05) is 18.3 Å². The van der Waals surface area contributed by atoms with Crippen molar-refractivity contribution in [3.8, 4) is 0 Å². The van der Waals surface area contributed by atoms with Crippen molar-refractivity contribution < 1.29 is 0 Å². The summed E-state index contributed by atoms with van der Waals surface area (Å²) in [5, 5.41) is 1.18. The SMILES string of the molecule is CCC1C[C@]1(I)/C=C1/C=Cc2cc3c(cc21)SCS3. The molecule has 0 spiro atoms. The summed E-state index contributed by atoms with van der Waals surface area (Å²) in [6.45, 7) is 2.31. The summed E-state index contributed by atoms with van der Waals surface area (Å²) in [6.07, 6.45) is 9.77. The third-order valence-corrected chi connectivity index (χ3v) is 8.27. The zero-order chi connectivity index (χ0) is 13.0. The Morgan fingerprint density at radius 2 is 2.11 bits per heavy atom. The van der Waals surface area contributed by atoms with E-state index in [0.29, 0.717) is 3.42 Å². The van der Waals surface area contributed by atoms with E-state index in [1.807, 2.05) is 23.5 Å². The van der Waals surface area contributed by atoms with Gasteiger partial charge in [0.15, 0.2) is 0 Å². The Morgan fingerprint density at radius 3 is 2.84 bits per heavy atom. The van der Waals surface area contributed by atoms with Crippen LogP contribution in [0, 0.1) is 5.92 Å². The molecule has 2 atom stereocenters. The zero-order valence-electron chi connectivity index (χ0n) is 10.8. The molecule has 1 saturated carbocycles. The van der Waals surface area contributed by atoms with Gasteiger partial charge in [-0.2, -0.15) is 0 Å². The Kier molecular flexibility index (Phi) is 3.09. The van der Waals surface area contributed by atoms with Gasteiger partial charge in [0.1, 0.15) is 0 Å². The quantitative estimate of drug-likeness (QED) is 0.452. The van der Waals surface area contributed by atoms with E-state index >= 15 is 0 Å². The molecule has 1 unspecified atom stereocenters. The van der Waals surface area contributed by atoms with Gasteiger partial charge < -0.3 is 0 Å². The van der Waals surface area contributed by atoms with Crippen LogP contribution in [0.3, 0.4) is 0 Å². The number of halogens is 1. The van der Waals surface area contributed by atoms with E-state index in [0.717, 1.165) is 5.92 Å². The molecule has 4 rings (SSSR count). The van der Waals surface area contributed by atoms with Crippen LogP contribution in [0.1, 0.15) is 30.9 Å². The predicted octanol–water partition coefficient (Wildman–Crippen LogP) is 5.86. The first-order valence-corrected chi connectivity index (χ1v) is 9.78. The summed E-state index contributed by atoms with van der Waals surface area (Å²) in [7, 11) is 0. The van der Waals surface area contributed by atoms with Gasteiger partial charge in [-0.15, -0.1) is 23.5 Å². The average Bonchev–Trinajstić information content (AvgIpc) is 2.78. The largest absolute Gasteiger partial charge is 0.114 e. The number of alkyl halides is 1. The second-order valence-electron chi connectivity index (χ2n) is 5.46. The van der Waals surface area contributed by atoms with Crippen molar-refractivity contribution in [3.05, 3.63) is 35.4 Å². The number of fused-ring (bicyclic) bond motifs is 2. The van der Waals surface area contributed by atoms with Gasteiger partial charge in [-0.05, 0) is 41.2 Å². The van der Waals surface area contributed by atoms with Crippen LogP contribution in [0.15, 0.2) is 34.1 Å². The van der Waals surface area contributed by atoms with E-state index in [1.54, 1.807) is 0 Å². The maximum absolute atomic E-state index is 2.66. The van der Waals surface area contributed by atoms with Crippen LogP contribution in [0.25, 0.3) is 11.6 Å². The molecule has 3 heteroatoms. The molecule has 0 N–H and O–H groups in total. The van der Waals surface area contributed by atoms with E-state index in [-0.39, 0.29) is 0 Å². The normalized spacial score (nSPS) is 32.7. The first-order chi connectivity index (χ1) is 9.19. The van der Waals surface area contributed by atoms with Crippen molar-refractivity contribution in [1.29, 1.82) is 0 Å². The maximum atomic E-state index is 2.66. The zero-order valence-corrected chi connectivity index (χ0v) is 14.6. The number of allylic oxidation sites excluding steroid dienone is 3. The number of rotatable bonds is 2.